The van der Waals surface area contributed by atoms with Gasteiger partial charge in [-0.15, -0.1) is 0 Å². The van der Waals surface area contributed by atoms with Gasteiger partial charge >= 0.3 is 0 Å². The Kier molecular flexibility index (Phi) is 5.48. The van der Waals surface area contributed by atoms with Crippen LogP contribution < -0.4 is 5.32 Å². The third-order valence-corrected chi connectivity index (χ3v) is 4.86. The summed E-state index contributed by atoms with van der Waals surface area (Å²) in [5, 5.41) is 3.70. The lowest BCUT2D eigenvalue weighted by Crippen LogP contribution is -2.40. The van der Waals surface area contributed by atoms with E-state index < -0.39 is 0 Å². The summed E-state index contributed by atoms with van der Waals surface area (Å²) in [4.78, 5) is 0. The Balaban J connectivity index is 1.91. The number of nitrogens with one attached hydrogen (secondary N) is 1. The van der Waals surface area contributed by atoms with Crippen LogP contribution in [0.4, 0.5) is 0 Å². The molecule has 0 saturated heterocycles. The Bertz CT molecular complexity index is 424. The molecule has 2 atom stereocenters. The number of rotatable bonds is 5. The molecular weight excluding hydrogens is 254 g/mol. The van der Waals surface area contributed by atoms with E-state index in [2.05, 4.69) is 64.2 Å². The molecule has 21 heavy (non-hydrogen) atoms. The molecule has 1 N–H and O–H groups in total. The van der Waals surface area contributed by atoms with E-state index in [1.54, 1.807) is 0 Å². The summed E-state index contributed by atoms with van der Waals surface area (Å²) in [6, 6.07) is 9.33. The van der Waals surface area contributed by atoms with Gasteiger partial charge in [-0.1, -0.05) is 44.5 Å². The predicted molar refractivity (Wildman–Crippen MR) is 92.8 cm³/mol. The lowest BCUT2D eigenvalue weighted by molar-refractivity contribution is 0.317. The standard InChI is InChI=1S/C20H33N/c1-15(2)17-11-9-16(10-12-17)13-18-7-6-8-19(18)14-21-20(3,4)5/h9-12,15,18-19,21H,6-8,13-14H2,1-5H3. The van der Waals surface area contributed by atoms with Gasteiger partial charge in [0, 0.05) is 5.54 Å². The van der Waals surface area contributed by atoms with Crippen molar-refractivity contribution >= 4 is 0 Å². The van der Waals surface area contributed by atoms with Gasteiger partial charge in [0.25, 0.3) is 0 Å². The first-order chi connectivity index (χ1) is 9.85. The van der Waals surface area contributed by atoms with Crippen molar-refractivity contribution in [2.45, 2.75) is 71.8 Å². The van der Waals surface area contributed by atoms with Crippen LogP contribution in [0.1, 0.15) is 70.9 Å². The molecule has 0 heterocycles. The molecule has 118 valence electrons. The molecule has 0 spiro atoms. The summed E-state index contributed by atoms with van der Waals surface area (Å²) in [5.41, 5.74) is 3.22. The SMILES string of the molecule is CC(C)c1ccc(CC2CCCC2CNC(C)(C)C)cc1. The molecule has 1 fully saturated rings. The predicted octanol–water partition coefficient (Wildman–Crippen LogP) is 5.16. The quantitative estimate of drug-likeness (QED) is 0.789. The summed E-state index contributed by atoms with van der Waals surface area (Å²) in [7, 11) is 0. The molecule has 1 nitrogen and oxygen atoms in total. The molecule has 0 bridgehead atoms. The molecule has 0 amide bonds. The zero-order chi connectivity index (χ0) is 15.5. The second-order valence-corrected chi connectivity index (χ2v) is 8.18. The summed E-state index contributed by atoms with van der Waals surface area (Å²) >= 11 is 0. The largest absolute Gasteiger partial charge is 0.312 e. The van der Waals surface area contributed by atoms with E-state index in [-0.39, 0.29) is 5.54 Å². The molecule has 1 aliphatic rings. The average Bonchev–Trinajstić information content (AvgIpc) is 2.83. The zero-order valence-electron chi connectivity index (χ0n) is 14.6. The van der Waals surface area contributed by atoms with E-state index in [9.17, 15) is 0 Å². The second-order valence-electron chi connectivity index (χ2n) is 8.18. The molecule has 1 saturated carbocycles. The van der Waals surface area contributed by atoms with Crippen molar-refractivity contribution in [1.29, 1.82) is 0 Å². The topological polar surface area (TPSA) is 12.0 Å². The monoisotopic (exact) mass is 287 g/mol. The maximum Gasteiger partial charge on any atom is 0.00966 e. The highest BCUT2D eigenvalue weighted by atomic mass is 14.9. The van der Waals surface area contributed by atoms with Gasteiger partial charge in [0.2, 0.25) is 0 Å². The molecule has 2 unspecified atom stereocenters. The Morgan fingerprint density at radius 3 is 2.24 bits per heavy atom. The Morgan fingerprint density at radius 1 is 1.05 bits per heavy atom. The summed E-state index contributed by atoms with van der Waals surface area (Å²) in [6.45, 7) is 12.5. The van der Waals surface area contributed by atoms with Crippen LogP contribution in [0.15, 0.2) is 24.3 Å². The van der Waals surface area contributed by atoms with Crippen LogP contribution >= 0.6 is 0 Å². The van der Waals surface area contributed by atoms with Gasteiger partial charge in [-0.25, -0.2) is 0 Å². The number of hydrogen-bond donors (Lipinski definition) is 1. The van der Waals surface area contributed by atoms with Crippen LogP contribution in [-0.4, -0.2) is 12.1 Å². The van der Waals surface area contributed by atoms with Crippen LogP contribution in [0.3, 0.4) is 0 Å². The molecule has 2 rings (SSSR count). The highest BCUT2D eigenvalue weighted by molar-refractivity contribution is 5.25. The van der Waals surface area contributed by atoms with Gasteiger partial charge in [0.05, 0.1) is 0 Å². The van der Waals surface area contributed by atoms with E-state index >= 15 is 0 Å². The minimum Gasteiger partial charge on any atom is -0.312 e. The van der Waals surface area contributed by atoms with Gasteiger partial charge < -0.3 is 5.32 Å². The molecule has 0 aliphatic heterocycles. The van der Waals surface area contributed by atoms with Gasteiger partial charge in [-0.2, -0.15) is 0 Å². The average molecular weight is 287 g/mol. The molecule has 1 aromatic rings. The van der Waals surface area contributed by atoms with Crippen molar-refractivity contribution in [3.05, 3.63) is 35.4 Å². The van der Waals surface area contributed by atoms with Gasteiger partial charge in [-0.05, 0) is 75.5 Å². The van der Waals surface area contributed by atoms with Crippen LogP contribution in [-0.2, 0) is 6.42 Å². The highest BCUT2D eigenvalue weighted by Gasteiger charge is 2.28. The van der Waals surface area contributed by atoms with Crippen LogP contribution in [0.2, 0.25) is 0 Å². The van der Waals surface area contributed by atoms with Crippen molar-refractivity contribution in [1.82, 2.24) is 5.32 Å². The second kappa shape index (κ2) is 6.96. The van der Waals surface area contributed by atoms with E-state index in [1.807, 2.05) is 0 Å². The molecule has 0 aromatic heterocycles. The van der Waals surface area contributed by atoms with Crippen molar-refractivity contribution in [3.8, 4) is 0 Å². The first-order valence-electron chi connectivity index (χ1n) is 8.69. The number of hydrogen-bond acceptors (Lipinski definition) is 1. The Hall–Kier alpha value is -0.820. The van der Waals surface area contributed by atoms with Crippen LogP contribution in [0, 0.1) is 11.8 Å². The van der Waals surface area contributed by atoms with Gasteiger partial charge in [0.15, 0.2) is 0 Å². The third-order valence-electron chi connectivity index (χ3n) is 4.86. The summed E-state index contributed by atoms with van der Waals surface area (Å²) < 4.78 is 0. The van der Waals surface area contributed by atoms with Crippen molar-refractivity contribution in [3.63, 3.8) is 0 Å². The number of benzene rings is 1. The minimum atomic E-state index is 0.242. The summed E-state index contributed by atoms with van der Waals surface area (Å²) in [6.07, 6.45) is 5.47. The van der Waals surface area contributed by atoms with E-state index in [4.69, 9.17) is 0 Å². The molecule has 1 aliphatic carbocycles. The Labute approximate surface area is 131 Å². The smallest absolute Gasteiger partial charge is 0.00966 e. The lowest BCUT2D eigenvalue weighted by atomic mass is 9.88. The lowest BCUT2D eigenvalue weighted by Gasteiger charge is -2.26. The highest BCUT2D eigenvalue weighted by Crippen LogP contribution is 2.34. The van der Waals surface area contributed by atoms with Crippen molar-refractivity contribution in [2.24, 2.45) is 11.8 Å². The molecule has 1 heteroatoms. The Morgan fingerprint density at radius 2 is 1.67 bits per heavy atom. The van der Waals surface area contributed by atoms with Crippen LogP contribution in [0.25, 0.3) is 0 Å². The summed E-state index contributed by atoms with van der Waals surface area (Å²) in [5.74, 6) is 2.35. The molecule has 1 aromatic carbocycles. The maximum atomic E-state index is 3.70. The maximum absolute atomic E-state index is 3.70. The fourth-order valence-electron chi connectivity index (χ4n) is 3.43. The van der Waals surface area contributed by atoms with E-state index in [0.717, 1.165) is 11.8 Å². The minimum absolute atomic E-state index is 0.242. The first kappa shape index (κ1) is 16.5. The zero-order valence-corrected chi connectivity index (χ0v) is 14.6. The van der Waals surface area contributed by atoms with Crippen molar-refractivity contribution < 1.29 is 0 Å². The van der Waals surface area contributed by atoms with Crippen molar-refractivity contribution in [2.75, 3.05) is 6.54 Å². The molecular formula is C20H33N. The van der Waals surface area contributed by atoms with Gasteiger partial charge in [-0.3, -0.25) is 0 Å². The fourth-order valence-corrected chi connectivity index (χ4v) is 3.43. The van der Waals surface area contributed by atoms with Gasteiger partial charge in [0.1, 0.15) is 0 Å². The van der Waals surface area contributed by atoms with E-state index in [0.29, 0.717) is 5.92 Å². The first-order valence-corrected chi connectivity index (χ1v) is 8.69. The third kappa shape index (κ3) is 5.14. The van der Waals surface area contributed by atoms with Crippen LogP contribution in [0.5, 0.6) is 0 Å². The fraction of sp³-hybridized carbons (Fsp3) is 0.700. The molecule has 0 radical (unpaired) electrons. The van der Waals surface area contributed by atoms with E-state index in [1.165, 1.54) is 43.4 Å². The normalized spacial score (nSPS) is 23.0.